The summed E-state index contributed by atoms with van der Waals surface area (Å²) in [5.41, 5.74) is 2.37. The first kappa shape index (κ1) is 21.8. The molecule has 0 spiro atoms. The van der Waals surface area contributed by atoms with Crippen LogP contribution in [-0.2, 0) is 9.53 Å². The Morgan fingerprint density at radius 1 is 1.09 bits per heavy atom. The third-order valence-corrected chi connectivity index (χ3v) is 6.12. The summed E-state index contributed by atoms with van der Waals surface area (Å²) in [7, 11) is 0. The Morgan fingerprint density at radius 2 is 1.81 bits per heavy atom. The van der Waals surface area contributed by atoms with E-state index in [2.05, 4.69) is 4.99 Å². The van der Waals surface area contributed by atoms with E-state index in [-0.39, 0.29) is 12.2 Å². The van der Waals surface area contributed by atoms with Crippen molar-refractivity contribution in [3.05, 3.63) is 96.7 Å². The summed E-state index contributed by atoms with van der Waals surface area (Å²) in [6.07, 6.45) is 1.82. The molecule has 1 aromatic heterocycles. The van der Waals surface area contributed by atoms with E-state index in [1.54, 1.807) is 18.4 Å². The fourth-order valence-electron chi connectivity index (χ4n) is 3.77. The van der Waals surface area contributed by atoms with Gasteiger partial charge in [0.25, 0.3) is 5.56 Å². The molecule has 1 aliphatic heterocycles. The van der Waals surface area contributed by atoms with Crippen molar-refractivity contribution in [1.82, 2.24) is 4.57 Å². The lowest BCUT2D eigenvalue weighted by Crippen LogP contribution is -2.39. The fourth-order valence-corrected chi connectivity index (χ4v) is 4.81. The lowest BCUT2D eigenvalue weighted by atomic mass is 9.96. The van der Waals surface area contributed by atoms with Crippen LogP contribution >= 0.6 is 11.3 Å². The van der Waals surface area contributed by atoms with E-state index < -0.39 is 12.0 Å². The topological polar surface area (TPSA) is 69.9 Å². The van der Waals surface area contributed by atoms with Gasteiger partial charge in [0, 0.05) is 5.56 Å². The molecule has 0 saturated heterocycles. The van der Waals surface area contributed by atoms with Crippen molar-refractivity contribution in [1.29, 1.82) is 0 Å². The van der Waals surface area contributed by atoms with Gasteiger partial charge in [0.2, 0.25) is 0 Å². The van der Waals surface area contributed by atoms with E-state index in [1.807, 2.05) is 67.6 Å². The van der Waals surface area contributed by atoms with Crippen LogP contribution in [0.15, 0.2) is 75.7 Å². The standard InChI is InChI=1S/C25H24N2O4S/c1-4-30-19-14-10-9-13-18(19)15-20-23(28)27-22(17-11-7-6-8-12-17)21(24(29)31-5-2)16(3)26-25(27)32-20/h6-15,22H,4-5H2,1-3H3/b20-15+/t22-/m1/s1. The molecule has 0 N–H and O–H groups in total. The van der Waals surface area contributed by atoms with Gasteiger partial charge in [-0.05, 0) is 38.5 Å². The largest absolute Gasteiger partial charge is 0.493 e. The van der Waals surface area contributed by atoms with Crippen molar-refractivity contribution in [2.24, 2.45) is 4.99 Å². The number of rotatable bonds is 6. The second-order valence-corrected chi connectivity index (χ2v) is 8.19. The summed E-state index contributed by atoms with van der Waals surface area (Å²) in [4.78, 5) is 31.6. The molecule has 0 fully saturated rings. The minimum Gasteiger partial charge on any atom is -0.493 e. The van der Waals surface area contributed by atoms with Gasteiger partial charge in [-0.3, -0.25) is 9.36 Å². The number of fused-ring (bicyclic) bond motifs is 1. The molecule has 164 valence electrons. The molecule has 0 aliphatic carbocycles. The molecule has 2 aromatic carbocycles. The molecule has 0 bridgehead atoms. The fraction of sp³-hybridized carbons (Fsp3) is 0.240. The predicted octanol–water partition coefficient (Wildman–Crippen LogP) is 3.20. The van der Waals surface area contributed by atoms with Crippen molar-refractivity contribution in [2.45, 2.75) is 26.8 Å². The molecule has 1 atom stereocenters. The van der Waals surface area contributed by atoms with E-state index in [1.165, 1.54) is 11.3 Å². The SMILES string of the molecule is CCOC(=O)C1=C(C)N=c2s/c(=C/c3ccccc3OCC)c(=O)n2[C@@H]1c1ccccc1. The van der Waals surface area contributed by atoms with Gasteiger partial charge in [0.15, 0.2) is 4.80 Å². The Morgan fingerprint density at radius 3 is 2.53 bits per heavy atom. The molecular formula is C25H24N2O4S. The molecule has 0 amide bonds. The van der Waals surface area contributed by atoms with Crippen molar-refractivity contribution in [3.8, 4) is 5.75 Å². The summed E-state index contributed by atoms with van der Waals surface area (Å²) in [6.45, 7) is 6.24. The number of aromatic nitrogens is 1. The zero-order chi connectivity index (χ0) is 22.7. The normalized spacial score (nSPS) is 15.8. The molecule has 0 radical (unpaired) electrons. The molecule has 1 aliphatic rings. The molecule has 3 aromatic rings. The smallest absolute Gasteiger partial charge is 0.338 e. The Labute approximate surface area is 189 Å². The number of para-hydroxylation sites is 1. The first-order valence-corrected chi connectivity index (χ1v) is 11.3. The Bertz CT molecular complexity index is 1350. The predicted molar refractivity (Wildman–Crippen MR) is 124 cm³/mol. The minimum absolute atomic E-state index is 0.205. The summed E-state index contributed by atoms with van der Waals surface area (Å²) in [5, 5.41) is 0. The molecule has 7 heteroatoms. The van der Waals surface area contributed by atoms with E-state index in [4.69, 9.17) is 9.47 Å². The third kappa shape index (κ3) is 4.03. The van der Waals surface area contributed by atoms with Crippen molar-refractivity contribution in [3.63, 3.8) is 0 Å². The van der Waals surface area contributed by atoms with Crippen LogP contribution in [0.25, 0.3) is 6.08 Å². The number of carbonyl (C=O) groups is 1. The van der Waals surface area contributed by atoms with Gasteiger partial charge in [-0.15, -0.1) is 0 Å². The van der Waals surface area contributed by atoms with Gasteiger partial charge in [-0.25, -0.2) is 9.79 Å². The molecule has 6 nitrogen and oxygen atoms in total. The monoisotopic (exact) mass is 448 g/mol. The highest BCUT2D eigenvalue weighted by Crippen LogP contribution is 2.30. The molecule has 0 unspecified atom stereocenters. The number of ether oxygens (including phenoxy) is 2. The maximum absolute atomic E-state index is 13.6. The molecule has 4 rings (SSSR count). The number of benzene rings is 2. The first-order valence-electron chi connectivity index (χ1n) is 10.5. The van der Waals surface area contributed by atoms with Crippen LogP contribution in [0.3, 0.4) is 0 Å². The van der Waals surface area contributed by atoms with E-state index in [0.717, 1.165) is 11.1 Å². The van der Waals surface area contributed by atoms with E-state index in [0.29, 0.717) is 33.0 Å². The second kappa shape index (κ2) is 9.36. The molecule has 32 heavy (non-hydrogen) atoms. The van der Waals surface area contributed by atoms with Crippen LogP contribution < -0.4 is 19.6 Å². The van der Waals surface area contributed by atoms with E-state index in [9.17, 15) is 9.59 Å². The zero-order valence-corrected chi connectivity index (χ0v) is 19.0. The van der Waals surface area contributed by atoms with Gasteiger partial charge in [0.1, 0.15) is 5.75 Å². The summed E-state index contributed by atoms with van der Waals surface area (Å²) >= 11 is 1.30. The van der Waals surface area contributed by atoms with Crippen LogP contribution in [0, 0.1) is 0 Å². The third-order valence-electron chi connectivity index (χ3n) is 5.14. The number of hydrogen-bond donors (Lipinski definition) is 0. The average molecular weight is 449 g/mol. The quantitative estimate of drug-likeness (QED) is 0.543. The summed E-state index contributed by atoms with van der Waals surface area (Å²) in [5.74, 6) is 0.252. The zero-order valence-electron chi connectivity index (χ0n) is 18.2. The highest BCUT2D eigenvalue weighted by molar-refractivity contribution is 7.07. The Hall–Kier alpha value is -3.45. The highest BCUT2D eigenvalue weighted by Gasteiger charge is 2.33. The van der Waals surface area contributed by atoms with Crippen LogP contribution in [-0.4, -0.2) is 23.8 Å². The summed E-state index contributed by atoms with van der Waals surface area (Å²) in [6, 6.07) is 16.5. The average Bonchev–Trinajstić information content (AvgIpc) is 3.09. The Balaban J connectivity index is 1.94. The maximum Gasteiger partial charge on any atom is 0.338 e. The van der Waals surface area contributed by atoms with Crippen molar-refractivity contribution in [2.75, 3.05) is 13.2 Å². The van der Waals surface area contributed by atoms with Crippen molar-refractivity contribution >= 4 is 23.4 Å². The summed E-state index contributed by atoms with van der Waals surface area (Å²) < 4.78 is 13.1. The number of hydrogen-bond acceptors (Lipinski definition) is 6. The number of allylic oxidation sites excluding steroid dienone is 1. The van der Waals surface area contributed by atoms with Crippen LogP contribution in [0.2, 0.25) is 0 Å². The van der Waals surface area contributed by atoms with E-state index >= 15 is 0 Å². The first-order chi connectivity index (χ1) is 15.5. The Kier molecular flexibility index (Phi) is 6.37. The van der Waals surface area contributed by atoms with Crippen molar-refractivity contribution < 1.29 is 14.3 Å². The van der Waals surface area contributed by atoms with Crippen LogP contribution in [0.4, 0.5) is 0 Å². The van der Waals surface area contributed by atoms with Gasteiger partial charge in [-0.2, -0.15) is 0 Å². The minimum atomic E-state index is -0.601. The number of nitrogens with zero attached hydrogens (tertiary/aromatic N) is 2. The van der Waals surface area contributed by atoms with Crippen LogP contribution in [0.1, 0.15) is 37.9 Å². The van der Waals surface area contributed by atoms with Gasteiger partial charge in [0.05, 0.1) is 35.1 Å². The number of esters is 1. The second-order valence-electron chi connectivity index (χ2n) is 7.18. The number of carbonyl (C=O) groups excluding carboxylic acids is 1. The molecular weight excluding hydrogens is 424 g/mol. The molecule has 0 saturated carbocycles. The lowest BCUT2D eigenvalue weighted by Gasteiger charge is -2.24. The number of thiazole rings is 1. The maximum atomic E-state index is 13.6. The van der Waals surface area contributed by atoms with Gasteiger partial charge in [-0.1, -0.05) is 59.9 Å². The van der Waals surface area contributed by atoms with Gasteiger partial charge < -0.3 is 9.47 Å². The molecule has 2 heterocycles. The lowest BCUT2D eigenvalue weighted by molar-refractivity contribution is -0.139. The highest BCUT2D eigenvalue weighted by atomic mass is 32.1. The van der Waals surface area contributed by atoms with Gasteiger partial charge >= 0.3 is 5.97 Å². The van der Waals surface area contributed by atoms with Crippen LogP contribution in [0.5, 0.6) is 5.75 Å².